The average molecular weight is 284 g/mol. The van der Waals surface area contributed by atoms with Gasteiger partial charge >= 0.3 is 5.69 Å². The summed E-state index contributed by atoms with van der Waals surface area (Å²) in [4.78, 5) is 30.5. The van der Waals surface area contributed by atoms with Gasteiger partial charge in [-0.1, -0.05) is 0 Å². The Labute approximate surface area is 115 Å². The van der Waals surface area contributed by atoms with Crippen LogP contribution in [0.4, 0.5) is 17.5 Å². The molecule has 1 amide bonds. The first kappa shape index (κ1) is 15.6. The van der Waals surface area contributed by atoms with Crippen molar-refractivity contribution in [1.82, 2.24) is 15.3 Å². The van der Waals surface area contributed by atoms with Gasteiger partial charge in [0.25, 0.3) is 0 Å². The molecular formula is C10H16N6O4. The molecule has 0 radical (unpaired) electrons. The predicted molar refractivity (Wildman–Crippen MR) is 71.3 cm³/mol. The molecule has 0 saturated heterocycles. The lowest BCUT2D eigenvalue weighted by Gasteiger charge is -2.17. The first-order chi connectivity index (χ1) is 9.45. The highest BCUT2D eigenvalue weighted by Crippen LogP contribution is 2.23. The van der Waals surface area contributed by atoms with Crippen molar-refractivity contribution in [3.63, 3.8) is 0 Å². The Morgan fingerprint density at radius 1 is 1.65 bits per heavy atom. The molecule has 1 rings (SSSR count). The normalized spacial score (nSPS) is 10.1. The fourth-order valence-electron chi connectivity index (χ4n) is 1.43. The third-order valence-corrected chi connectivity index (χ3v) is 2.34. The highest BCUT2D eigenvalue weighted by Gasteiger charge is 2.21. The molecule has 20 heavy (non-hydrogen) atoms. The van der Waals surface area contributed by atoms with Crippen LogP contribution in [-0.2, 0) is 9.53 Å². The van der Waals surface area contributed by atoms with Gasteiger partial charge < -0.3 is 20.7 Å². The maximum absolute atomic E-state index is 11.6. The van der Waals surface area contributed by atoms with Gasteiger partial charge in [0.15, 0.2) is 0 Å². The molecule has 10 nitrogen and oxygen atoms in total. The second-order valence-electron chi connectivity index (χ2n) is 3.89. The van der Waals surface area contributed by atoms with E-state index in [4.69, 9.17) is 10.5 Å². The van der Waals surface area contributed by atoms with Crippen molar-refractivity contribution in [2.45, 2.75) is 0 Å². The maximum atomic E-state index is 11.6. The maximum Gasteiger partial charge on any atom is 0.329 e. The van der Waals surface area contributed by atoms with Crippen molar-refractivity contribution in [1.29, 1.82) is 0 Å². The number of hydrogen-bond donors (Lipinski definition) is 2. The highest BCUT2D eigenvalue weighted by atomic mass is 16.6. The lowest BCUT2D eigenvalue weighted by molar-refractivity contribution is -0.384. The molecule has 1 aromatic heterocycles. The minimum absolute atomic E-state index is 0.00982. The largest absolute Gasteiger partial charge is 0.383 e. The zero-order chi connectivity index (χ0) is 15.1. The minimum Gasteiger partial charge on any atom is -0.383 e. The van der Waals surface area contributed by atoms with E-state index < -0.39 is 4.92 Å². The Morgan fingerprint density at radius 3 is 2.95 bits per heavy atom. The number of anilines is 2. The number of nitro groups is 1. The number of likely N-dealkylation sites (N-methyl/N-ethyl adjacent to an activating group) is 1. The van der Waals surface area contributed by atoms with Crippen LogP contribution in [-0.4, -0.2) is 54.7 Å². The molecule has 110 valence electrons. The minimum atomic E-state index is -0.631. The quantitative estimate of drug-likeness (QED) is 0.376. The summed E-state index contributed by atoms with van der Waals surface area (Å²) in [7, 11) is 3.02. The van der Waals surface area contributed by atoms with Gasteiger partial charge in [-0.15, -0.1) is 0 Å². The zero-order valence-corrected chi connectivity index (χ0v) is 11.2. The number of ether oxygens (including phenoxy) is 1. The van der Waals surface area contributed by atoms with Crippen LogP contribution < -0.4 is 16.0 Å². The van der Waals surface area contributed by atoms with Gasteiger partial charge in [0.2, 0.25) is 17.7 Å². The number of hydrogen-bond acceptors (Lipinski definition) is 8. The van der Waals surface area contributed by atoms with Crippen molar-refractivity contribution >= 4 is 23.4 Å². The first-order valence-corrected chi connectivity index (χ1v) is 5.69. The van der Waals surface area contributed by atoms with Crippen LogP contribution in [0.25, 0.3) is 0 Å². The lowest BCUT2D eigenvalue weighted by atomic mass is 10.4. The zero-order valence-electron chi connectivity index (χ0n) is 11.2. The Bertz CT molecular complexity index is 495. The fraction of sp³-hybridized carbons (Fsp3) is 0.500. The molecule has 3 N–H and O–H groups in total. The molecule has 0 spiro atoms. The van der Waals surface area contributed by atoms with Crippen LogP contribution in [0.2, 0.25) is 0 Å². The lowest BCUT2D eigenvalue weighted by Crippen LogP contribution is -2.37. The second kappa shape index (κ2) is 7.19. The number of nitrogens with one attached hydrogen (secondary N) is 1. The van der Waals surface area contributed by atoms with E-state index in [-0.39, 0.29) is 29.9 Å². The highest BCUT2D eigenvalue weighted by molar-refractivity contribution is 5.81. The van der Waals surface area contributed by atoms with Gasteiger partial charge in [-0.25, -0.2) is 4.98 Å². The standard InChI is InChI=1S/C10H16N6O4/c1-15(6-8(17)12-3-4-20-2)9-7(16(18)19)5-13-10(11)14-9/h5H,3-4,6H2,1-2H3,(H,12,17)(H2,11,13,14). The third-order valence-electron chi connectivity index (χ3n) is 2.34. The first-order valence-electron chi connectivity index (χ1n) is 5.69. The number of carbonyl (C=O) groups is 1. The van der Waals surface area contributed by atoms with E-state index in [0.717, 1.165) is 6.20 Å². The number of aromatic nitrogens is 2. The van der Waals surface area contributed by atoms with E-state index in [0.29, 0.717) is 13.2 Å². The molecule has 0 aliphatic rings. The van der Waals surface area contributed by atoms with Gasteiger partial charge in [-0.05, 0) is 0 Å². The van der Waals surface area contributed by atoms with Crippen molar-refractivity contribution in [3.05, 3.63) is 16.3 Å². The number of nitrogens with two attached hydrogens (primary N) is 1. The number of nitrogens with zero attached hydrogens (tertiary/aromatic N) is 4. The number of nitrogen functional groups attached to an aromatic ring is 1. The predicted octanol–water partition coefficient (Wildman–Crippen LogP) is -0.834. The molecule has 0 fully saturated rings. The van der Waals surface area contributed by atoms with Crippen molar-refractivity contribution in [2.24, 2.45) is 0 Å². The molecule has 10 heteroatoms. The van der Waals surface area contributed by atoms with E-state index in [1.165, 1.54) is 19.1 Å². The van der Waals surface area contributed by atoms with Crippen LogP contribution in [0.1, 0.15) is 0 Å². The second-order valence-corrected chi connectivity index (χ2v) is 3.89. The van der Waals surface area contributed by atoms with Crippen LogP contribution in [0.15, 0.2) is 6.20 Å². The Morgan fingerprint density at radius 2 is 2.35 bits per heavy atom. The molecular weight excluding hydrogens is 268 g/mol. The molecule has 0 atom stereocenters. The van der Waals surface area contributed by atoms with Crippen LogP contribution in [0, 0.1) is 10.1 Å². The summed E-state index contributed by atoms with van der Waals surface area (Å²) in [5.74, 6) is -0.419. The Hall–Kier alpha value is -2.49. The monoisotopic (exact) mass is 284 g/mol. The summed E-state index contributed by atoms with van der Waals surface area (Å²) >= 11 is 0. The molecule has 0 aliphatic heterocycles. The van der Waals surface area contributed by atoms with Gasteiger partial charge in [-0.2, -0.15) is 4.98 Å². The molecule has 0 bridgehead atoms. The summed E-state index contributed by atoms with van der Waals surface area (Å²) in [5.41, 5.74) is 5.09. The van der Waals surface area contributed by atoms with E-state index in [1.807, 2.05) is 0 Å². The van der Waals surface area contributed by atoms with E-state index in [2.05, 4.69) is 15.3 Å². The van der Waals surface area contributed by atoms with Crippen molar-refractivity contribution in [3.8, 4) is 0 Å². The number of rotatable bonds is 7. The third kappa shape index (κ3) is 4.31. The summed E-state index contributed by atoms with van der Waals surface area (Å²) < 4.78 is 4.79. The van der Waals surface area contributed by atoms with E-state index in [1.54, 1.807) is 0 Å². The van der Waals surface area contributed by atoms with Crippen LogP contribution >= 0.6 is 0 Å². The summed E-state index contributed by atoms with van der Waals surface area (Å²) in [6.45, 7) is 0.647. The van der Waals surface area contributed by atoms with E-state index in [9.17, 15) is 14.9 Å². The van der Waals surface area contributed by atoms with Crippen LogP contribution in [0.5, 0.6) is 0 Å². The average Bonchev–Trinajstić information content (AvgIpc) is 2.38. The number of amides is 1. The molecule has 0 unspecified atom stereocenters. The molecule has 0 aromatic carbocycles. The van der Waals surface area contributed by atoms with Crippen molar-refractivity contribution in [2.75, 3.05) is 44.5 Å². The summed E-state index contributed by atoms with van der Waals surface area (Å²) in [6.07, 6.45) is 1.01. The topological polar surface area (TPSA) is 137 Å². The molecule has 0 aliphatic carbocycles. The summed E-state index contributed by atoms with van der Waals surface area (Å²) in [5, 5.41) is 13.5. The number of carbonyl (C=O) groups excluding carboxylic acids is 1. The molecule has 1 aromatic rings. The summed E-state index contributed by atoms with van der Waals surface area (Å²) in [6, 6.07) is 0. The Balaban J connectivity index is 2.76. The number of methoxy groups -OCH3 is 1. The SMILES string of the molecule is COCCNC(=O)CN(C)c1nc(N)ncc1[N+](=O)[O-]. The molecule has 1 heterocycles. The van der Waals surface area contributed by atoms with Gasteiger partial charge in [0, 0.05) is 20.7 Å². The van der Waals surface area contributed by atoms with Gasteiger partial charge in [0.1, 0.15) is 6.20 Å². The Kier molecular flexibility index (Phi) is 5.59. The van der Waals surface area contributed by atoms with Crippen molar-refractivity contribution < 1.29 is 14.5 Å². The van der Waals surface area contributed by atoms with Crippen LogP contribution in [0.3, 0.4) is 0 Å². The van der Waals surface area contributed by atoms with E-state index >= 15 is 0 Å². The fourth-order valence-corrected chi connectivity index (χ4v) is 1.43. The van der Waals surface area contributed by atoms with Gasteiger partial charge in [-0.3, -0.25) is 14.9 Å². The smallest absolute Gasteiger partial charge is 0.329 e. The molecule has 0 saturated carbocycles. The van der Waals surface area contributed by atoms with Gasteiger partial charge in [0.05, 0.1) is 18.1 Å².